The van der Waals surface area contributed by atoms with Gasteiger partial charge in [0.05, 0.1) is 12.7 Å². The summed E-state index contributed by atoms with van der Waals surface area (Å²) in [5, 5.41) is 2.79. The van der Waals surface area contributed by atoms with Crippen LogP contribution < -0.4 is 10.6 Å². The molecule has 0 bridgehead atoms. The fourth-order valence-electron chi connectivity index (χ4n) is 1.90. The largest absolute Gasteiger partial charge is 0.465 e. The summed E-state index contributed by atoms with van der Waals surface area (Å²) in [6, 6.07) is 30.0. The maximum atomic E-state index is 10.8. The first kappa shape index (κ1) is 16.9. The molecule has 0 aromatic heterocycles. The summed E-state index contributed by atoms with van der Waals surface area (Å²) in [6.07, 6.45) is 0. The van der Waals surface area contributed by atoms with E-state index in [4.69, 9.17) is 0 Å². The van der Waals surface area contributed by atoms with Crippen molar-refractivity contribution >= 4 is 25.2 Å². The second-order valence-electron chi connectivity index (χ2n) is 4.71. The van der Waals surface area contributed by atoms with Crippen molar-refractivity contribution in [3.8, 4) is 0 Å². The average molecular weight is 322 g/mol. The van der Waals surface area contributed by atoms with Gasteiger partial charge in [0.15, 0.2) is 0 Å². The van der Waals surface area contributed by atoms with E-state index in [0.717, 1.165) is 8.58 Å². The van der Waals surface area contributed by atoms with Crippen LogP contribution >= 0.6 is 8.58 Å². The Morgan fingerprint density at radius 3 is 1.48 bits per heavy atom. The molecule has 0 saturated carbocycles. The molecular formula is C20H19O2P. The molecule has 0 amide bonds. The molecule has 0 aliphatic rings. The Bertz CT molecular complexity index is 660. The van der Waals surface area contributed by atoms with Crippen molar-refractivity contribution in [2.75, 3.05) is 7.11 Å². The second kappa shape index (κ2) is 9.55. The molecule has 116 valence electrons. The number of ether oxygens (including phenoxy) is 1. The lowest BCUT2D eigenvalue weighted by atomic mass is 10.2. The van der Waals surface area contributed by atoms with Crippen molar-refractivity contribution in [3.63, 3.8) is 0 Å². The van der Waals surface area contributed by atoms with Crippen molar-refractivity contribution in [1.29, 1.82) is 0 Å². The quantitative estimate of drug-likeness (QED) is 0.542. The van der Waals surface area contributed by atoms with Crippen LogP contribution in [0.1, 0.15) is 10.4 Å². The molecule has 3 aromatic carbocycles. The van der Waals surface area contributed by atoms with E-state index < -0.39 is 0 Å². The molecule has 2 nitrogen and oxygen atoms in total. The van der Waals surface area contributed by atoms with Crippen molar-refractivity contribution in [2.45, 2.75) is 0 Å². The number of carbonyl (C=O) groups is 1. The highest BCUT2D eigenvalue weighted by Crippen LogP contribution is 2.08. The summed E-state index contributed by atoms with van der Waals surface area (Å²) in [5.74, 6) is -0.291. The third-order valence-corrected chi connectivity index (χ3v) is 4.28. The fourth-order valence-corrected chi connectivity index (χ4v) is 2.95. The van der Waals surface area contributed by atoms with E-state index in [2.05, 4.69) is 65.4 Å². The van der Waals surface area contributed by atoms with E-state index in [0.29, 0.717) is 5.56 Å². The minimum atomic E-state index is -0.291. The summed E-state index contributed by atoms with van der Waals surface area (Å²) in [5.41, 5.74) is 0.588. The molecular weight excluding hydrogens is 303 g/mol. The van der Waals surface area contributed by atoms with Gasteiger partial charge in [-0.1, -0.05) is 87.4 Å². The Balaban J connectivity index is 0.000000174. The van der Waals surface area contributed by atoms with Crippen LogP contribution in [0.4, 0.5) is 0 Å². The SMILES string of the molecule is COC(=O)c1ccccc1.c1ccc(Pc2ccccc2)cc1. The van der Waals surface area contributed by atoms with E-state index in [9.17, 15) is 4.79 Å². The molecule has 3 rings (SSSR count). The summed E-state index contributed by atoms with van der Waals surface area (Å²) >= 11 is 0. The average Bonchev–Trinajstić information content (AvgIpc) is 2.64. The maximum Gasteiger partial charge on any atom is 0.337 e. The van der Waals surface area contributed by atoms with Crippen LogP contribution in [0.2, 0.25) is 0 Å². The molecule has 0 atom stereocenters. The van der Waals surface area contributed by atoms with Gasteiger partial charge in [0, 0.05) is 0 Å². The van der Waals surface area contributed by atoms with Crippen molar-refractivity contribution < 1.29 is 9.53 Å². The number of hydrogen-bond acceptors (Lipinski definition) is 2. The van der Waals surface area contributed by atoms with Crippen LogP contribution in [0.5, 0.6) is 0 Å². The Labute approximate surface area is 138 Å². The summed E-state index contributed by atoms with van der Waals surface area (Å²) in [7, 11) is 2.15. The second-order valence-corrected chi connectivity index (χ2v) is 6.12. The van der Waals surface area contributed by atoms with Crippen LogP contribution in [-0.4, -0.2) is 13.1 Å². The zero-order chi connectivity index (χ0) is 16.3. The zero-order valence-corrected chi connectivity index (χ0v) is 14.0. The first-order valence-corrected chi connectivity index (χ1v) is 8.30. The Hall–Kier alpha value is -2.44. The standard InChI is InChI=1S/C12H11P.C8H8O2/c1-3-7-11(8-4-1)13-12-9-5-2-6-10-12;1-10-8(9)7-5-3-2-4-6-7/h1-10,13H;2-6H,1H3. The minimum Gasteiger partial charge on any atom is -0.465 e. The third kappa shape index (κ3) is 6.06. The maximum absolute atomic E-state index is 10.8. The highest BCUT2D eigenvalue weighted by Gasteiger charge is 2.00. The van der Waals surface area contributed by atoms with Crippen molar-refractivity contribution in [2.24, 2.45) is 0 Å². The Morgan fingerprint density at radius 2 is 1.09 bits per heavy atom. The van der Waals surface area contributed by atoms with E-state index >= 15 is 0 Å². The smallest absolute Gasteiger partial charge is 0.337 e. The molecule has 0 N–H and O–H groups in total. The number of methoxy groups -OCH3 is 1. The molecule has 0 aliphatic carbocycles. The number of rotatable bonds is 3. The van der Waals surface area contributed by atoms with Crippen LogP contribution in [0.15, 0.2) is 91.0 Å². The molecule has 3 heteroatoms. The highest BCUT2D eigenvalue weighted by atomic mass is 31.1. The summed E-state index contributed by atoms with van der Waals surface area (Å²) < 4.78 is 4.50. The lowest BCUT2D eigenvalue weighted by Gasteiger charge is -2.00. The van der Waals surface area contributed by atoms with Gasteiger partial charge in [-0.25, -0.2) is 4.79 Å². The van der Waals surface area contributed by atoms with E-state index in [-0.39, 0.29) is 5.97 Å². The van der Waals surface area contributed by atoms with Gasteiger partial charge in [-0.05, 0) is 22.7 Å². The van der Waals surface area contributed by atoms with E-state index in [1.807, 2.05) is 6.07 Å². The molecule has 3 aromatic rings. The lowest BCUT2D eigenvalue weighted by molar-refractivity contribution is 0.0600. The first-order valence-electron chi connectivity index (χ1n) is 7.30. The van der Waals surface area contributed by atoms with Gasteiger partial charge in [0.2, 0.25) is 0 Å². The predicted molar refractivity (Wildman–Crippen MR) is 98.2 cm³/mol. The molecule has 23 heavy (non-hydrogen) atoms. The molecule has 0 spiro atoms. The molecule has 0 unspecified atom stereocenters. The van der Waals surface area contributed by atoms with Crippen LogP contribution in [0.3, 0.4) is 0 Å². The summed E-state index contributed by atoms with van der Waals surface area (Å²) in [6.45, 7) is 0. The Morgan fingerprint density at radius 1 is 0.696 bits per heavy atom. The number of carbonyl (C=O) groups excluding carboxylic acids is 1. The minimum absolute atomic E-state index is 0.291. The predicted octanol–water partition coefficient (Wildman–Crippen LogP) is 3.79. The monoisotopic (exact) mass is 322 g/mol. The molecule has 0 radical (unpaired) electrons. The van der Waals surface area contributed by atoms with Crippen LogP contribution in [0.25, 0.3) is 0 Å². The van der Waals surface area contributed by atoms with Gasteiger partial charge in [-0.2, -0.15) is 0 Å². The number of esters is 1. The Kier molecular flexibility index (Phi) is 7.03. The topological polar surface area (TPSA) is 26.3 Å². The zero-order valence-electron chi connectivity index (χ0n) is 13.0. The number of hydrogen-bond donors (Lipinski definition) is 0. The van der Waals surface area contributed by atoms with E-state index in [1.54, 1.807) is 24.3 Å². The normalized spacial score (nSPS) is 9.43. The van der Waals surface area contributed by atoms with Crippen molar-refractivity contribution in [1.82, 2.24) is 0 Å². The first-order chi connectivity index (χ1) is 11.3. The van der Waals surface area contributed by atoms with E-state index in [1.165, 1.54) is 17.7 Å². The van der Waals surface area contributed by atoms with Gasteiger partial charge in [-0.15, -0.1) is 0 Å². The van der Waals surface area contributed by atoms with Gasteiger partial charge < -0.3 is 4.74 Å². The molecule has 0 fully saturated rings. The van der Waals surface area contributed by atoms with Crippen molar-refractivity contribution in [3.05, 3.63) is 96.6 Å². The van der Waals surface area contributed by atoms with Crippen LogP contribution in [0, 0.1) is 0 Å². The van der Waals surface area contributed by atoms with Gasteiger partial charge in [-0.3, -0.25) is 0 Å². The van der Waals surface area contributed by atoms with Gasteiger partial charge in [0.1, 0.15) is 0 Å². The number of benzene rings is 3. The summed E-state index contributed by atoms with van der Waals surface area (Å²) in [4.78, 5) is 10.8. The molecule has 0 heterocycles. The van der Waals surface area contributed by atoms with Crippen LogP contribution in [-0.2, 0) is 4.74 Å². The third-order valence-electron chi connectivity index (χ3n) is 3.03. The molecule has 0 saturated heterocycles. The fraction of sp³-hybridized carbons (Fsp3) is 0.0500. The lowest BCUT2D eigenvalue weighted by Crippen LogP contribution is -2.01. The van der Waals surface area contributed by atoms with Gasteiger partial charge >= 0.3 is 5.97 Å². The highest BCUT2D eigenvalue weighted by molar-refractivity contribution is 7.55. The van der Waals surface area contributed by atoms with Gasteiger partial charge in [0.25, 0.3) is 0 Å². The molecule has 0 aliphatic heterocycles.